The topological polar surface area (TPSA) is 80.7 Å². The van der Waals surface area contributed by atoms with Crippen LogP contribution in [0.2, 0.25) is 0 Å². The minimum Gasteiger partial charge on any atom is -0.493 e. The number of pyridine rings is 1. The van der Waals surface area contributed by atoms with Crippen LogP contribution in [-0.4, -0.2) is 29.9 Å². The van der Waals surface area contributed by atoms with Crippen LogP contribution in [-0.2, 0) is 0 Å². The van der Waals surface area contributed by atoms with Crippen LogP contribution in [0.25, 0.3) is 11.1 Å². The number of ether oxygens (including phenoxy) is 2. The third-order valence-electron chi connectivity index (χ3n) is 4.53. The molecule has 6 heteroatoms. The van der Waals surface area contributed by atoms with Crippen molar-refractivity contribution in [2.75, 3.05) is 13.7 Å². The third-order valence-corrected chi connectivity index (χ3v) is 4.53. The number of aryl methyl sites for hydroxylation is 1. The van der Waals surface area contributed by atoms with E-state index in [-0.39, 0.29) is 11.5 Å². The van der Waals surface area contributed by atoms with Crippen LogP contribution >= 0.6 is 0 Å². The summed E-state index contributed by atoms with van der Waals surface area (Å²) >= 11 is 0. The van der Waals surface area contributed by atoms with Crippen molar-refractivity contribution in [2.24, 2.45) is 5.41 Å². The molecular formula is C19H22N2O4. The Morgan fingerprint density at radius 2 is 2.12 bits per heavy atom. The second kappa shape index (κ2) is 6.27. The van der Waals surface area contributed by atoms with Gasteiger partial charge < -0.3 is 19.9 Å². The van der Waals surface area contributed by atoms with Crippen LogP contribution in [0.15, 0.2) is 30.5 Å². The lowest BCUT2D eigenvalue weighted by atomic mass is 9.78. The van der Waals surface area contributed by atoms with Crippen LogP contribution in [0.5, 0.6) is 11.6 Å². The number of carboxylic acid groups (broad SMARTS) is 1. The van der Waals surface area contributed by atoms with Crippen molar-refractivity contribution in [1.29, 1.82) is 0 Å². The monoisotopic (exact) mass is 342 g/mol. The van der Waals surface area contributed by atoms with Gasteiger partial charge in [0.05, 0.1) is 19.8 Å². The number of nitrogens with zero attached hydrogens (tertiary/aromatic N) is 1. The molecule has 1 unspecified atom stereocenters. The van der Waals surface area contributed by atoms with Crippen LogP contribution in [0, 0.1) is 12.3 Å². The van der Waals surface area contributed by atoms with E-state index in [9.17, 15) is 4.79 Å². The van der Waals surface area contributed by atoms with Gasteiger partial charge in [-0.1, -0.05) is 26.0 Å². The SMILES string of the molecule is COc1ncc(-c2ccc3c(c2)OCC(C)(C)C3NC(=O)O)cc1C. The zero-order chi connectivity index (χ0) is 18.2. The molecule has 1 amide bonds. The molecule has 6 nitrogen and oxygen atoms in total. The van der Waals surface area contributed by atoms with Crippen LogP contribution < -0.4 is 14.8 Å². The van der Waals surface area contributed by atoms with Gasteiger partial charge in [-0.15, -0.1) is 0 Å². The van der Waals surface area contributed by atoms with E-state index < -0.39 is 6.09 Å². The number of aromatic nitrogens is 1. The zero-order valence-corrected chi connectivity index (χ0v) is 14.8. The molecule has 0 saturated carbocycles. The average molecular weight is 342 g/mol. The van der Waals surface area contributed by atoms with Gasteiger partial charge in [-0.2, -0.15) is 0 Å². The molecule has 0 saturated heterocycles. The number of hydrogen-bond acceptors (Lipinski definition) is 4. The van der Waals surface area contributed by atoms with Gasteiger partial charge in [0, 0.05) is 28.3 Å². The van der Waals surface area contributed by atoms with Gasteiger partial charge in [0.25, 0.3) is 0 Å². The maximum Gasteiger partial charge on any atom is 0.405 e. The molecule has 1 aromatic carbocycles. The molecule has 2 heterocycles. The lowest BCUT2D eigenvalue weighted by molar-refractivity contribution is 0.0996. The molecule has 1 aliphatic heterocycles. The summed E-state index contributed by atoms with van der Waals surface area (Å²) in [5.41, 5.74) is 3.39. The van der Waals surface area contributed by atoms with E-state index in [1.165, 1.54) is 0 Å². The van der Waals surface area contributed by atoms with Crippen molar-refractivity contribution in [1.82, 2.24) is 10.3 Å². The number of methoxy groups -OCH3 is 1. The summed E-state index contributed by atoms with van der Waals surface area (Å²) in [4.78, 5) is 15.5. The summed E-state index contributed by atoms with van der Waals surface area (Å²) in [6, 6.07) is 7.50. The Morgan fingerprint density at radius 3 is 2.76 bits per heavy atom. The van der Waals surface area contributed by atoms with Crippen molar-refractivity contribution >= 4 is 6.09 Å². The molecule has 2 aromatic rings. The van der Waals surface area contributed by atoms with Gasteiger partial charge in [0.2, 0.25) is 5.88 Å². The molecular weight excluding hydrogens is 320 g/mol. The first-order valence-corrected chi connectivity index (χ1v) is 8.09. The van der Waals surface area contributed by atoms with Gasteiger partial charge >= 0.3 is 6.09 Å². The summed E-state index contributed by atoms with van der Waals surface area (Å²) < 4.78 is 11.1. The van der Waals surface area contributed by atoms with Crippen LogP contribution in [0.3, 0.4) is 0 Å². The lowest BCUT2D eigenvalue weighted by Gasteiger charge is -2.39. The van der Waals surface area contributed by atoms with Gasteiger partial charge in [0.1, 0.15) is 5.75 Å². The van der Waals surface area contributed by atoms with E-state index >= 15 is 0 Å². The quantitative estimate of drug-likeness (QED) is 0.887. The summed E-state index contributed by atoms with van der Waals surface area (Å²) in [7, 11) is 1.60. The number of nitrogens with one attached hydrogen (secondary N) is 1. The van der Waals surface area contributed by atoms with E-state index in [2.05, 4.69) is 10.3 Å². The number of rotatable bonds is 3. The Hall–Kier alpha value is -2.76. The van der Waals surface area contributed by atoms with Crippen LogP contribution in [0.4, 0.5) is 4.79 Å². The van der Waals surface area contributed by atoms with E-state index in [0.717, 1.165) is 22.3 Å². The van der Waals surface area contributed by atoms with Gasteiger partial charge in [0.15, 0.2) is 0 Å². The minimum atomic E-state index is -1.04. The Balaban J connectivity index is 2.00. The van der Waals surface area contributed by atoms with E-state index in [0.29, 0.717) is 18.2 Å². The maximum absolute atomic E-state index is 11.2. The highest BCUT2D eigenvalue weighted by molar-refractivity contribution is 5.69. The highest BCUT2D eigenvalue weighted by Crippen LogP contribution is 2.44. The Morgan fingerprint density at radius 1 is 1.36 bits per heavy atom. The first-order valence-electron chi connectivity index (χ1n) is 8.09. The molecule has 1 atom stereocenters. The molecule has 1 aliphatic rings. The summed E-state index contributed by atoms with van der Waals surface area (Å²) in [6.07, 6.45) is 0.720. The predicted molar refractivity (Wildman–Crippen MR) is 94.1 cm³/mol. The fourth-order valence-corrected chi connectivity index (χ4v) is 3.18. The smallest absolute Gasteiger partial charge is 0.405 e. The number of fused-ring (bicyclic) bond motifs is 1. The van der Waals surface area contributed by atoms with Gasteiger partial charge in [-0.3, -0.25) is 0 Å². The molecule has 0 radical (unpaired) electrons. The number of benzene rings is 1. The molecule has 132 valence electrons. The first-order chi connectivity index (χ1) is 11.8. The summed E-state index contributed by atoms with van der Waals surface area (Å²) in [5.74, 6) is 1.30. The molecule has 0 spiro atoms. The van der Waals surface area contributed by atoms with E-state index in [1.807, 2.05) is 45.0 Å². The average Bonchev–Trinajstić information content (AvgIpc) is 2.57. The largest absolute Gasteiger partial charge is 0.493 e. The summed E-state index contributed by atoms with van der Waals surface area (Å²) in [5, 5.41) is 11.8. The molecule has 25 heavy (non-hydrogen) atoms. The second-order valence-corrected chi connectivity index (χ2v) is 6.96. The minimum absolute atomic E-state index is 0.321. The Kier molecular flexibility index (Phi) is 4.29. The van der Waals surface area contributed by atoms with Crippen LogP contribution in [0.1, 0.15) is 31.0 Å². The molecule has 0 aliphatic carbocycles. The third kappa shape index (κ3) is 3.24. The Bertz CT molecular complexity index is 817. The first kappa shape index (κ1) is 17.1. The molecule has 3 rings (SSSR count). The lowest BCUT2D eigenvalue weighted by Crippen LogP contribution is -2.43. The van der Waals surface area contributed by atoms with Crippen molar-refractivity contribution in [3.05, 3.63) is 41.6 Å². The van der Waals surface area contributed by atoms with Gasteiger partial charge in [-0.05, 0) is 24.6 Å². The number of hydrogen-bond donors (Lipinski definition) is 2. The number of carbonyl (C=O) groups is 1. The zero-order valence-electron chi connectivity index (χ0n) is 14.8. The van der Waals surface area contributed by atoms with Crippen molar-refractivity contribution in [2.45, 2.75) is 26.8 Å². The van der Waals surface area contributed by atoms with E-state index in [1.54, 1.807) is 13.3 Å². The van der Waals surface area contributed by atoms with Crippen molar-refractivity contribution in [3.8, 4) is 22.8 Å². The molecule has 2 N–H and O–H groups in total. The molecule has 0 fully saturated rings. The molecule has 1 aromatic heterocycles. The fourth-order valence-electron chi connectivity index (χ4n) is 3.18. The highest BCUT2D eigenvalue weighted by Gasteiger charge is 2.38. The highest BCUT2D eigenvalue weighted by atomic mass is 16.5. The van der Waals surface area contributed by atoms with Gasteiger partial charge in [-0.25, -0.2) is 9.78 Å². The standard InChI is InChI=1S/C19H22N2O4/c1-11-7-13(9-20-17(11)24-4)12-5-6-14-15(8-12)25-10-19(2,3)16(14)21-18(22)23/h5-9,16,21H,10H2,1-4H3,(H,22,23). The summed E-state index contributed by atoms with van der Waals surface area (Å²) in [6.45, 7) is 6.36. The fraction of sp³-hybridized carbons (Fsp3) is 0.368. The predicted octanol–water partition coefficient (Wildman–Crippen LogP) is 3.79. The molecule has 0 bridgehead atoms. The maximum atomic E-state index is 11.2. The Labute approximate surface area is 146 Å². The normalized spacial score (nSPS) is 18.0. The van der Waals surface area contributed by atoms with E-state index in [4.69, 9.17) is 14.6 Å². The second-order valence-electron chi connectivity index (χ2n) is 6.96. The number of amides is 1. The van der Waals surface area contributed by atoms with Crippen molar-refractivity contribution in [3.63, 3.8) is 0 Å². The van der Waals surface area contributed by atoms with Crippen molar-refractivity contribution < 1.29 is 19.4 Å².